The second kappa shape index (κ2) is 6.28. The highest BCUT2D eigenvalue weighted by atomic mass is 35.5. The Kier molecular flexibility index (Phi) is 4.45. The zero-order valence-electron chi connectivity index (χ0n) is 10.9. The van der Waals surface area contributed by atoms with Crippen LogP contribution in [0.25, 0.3) is 0 Å². The minimum absolute atomic E-state index is 0.0955. The van der Waals surface area contributed by atoms with Crippen molar-refractivity contribution in [3.8, 4) is 5.75 Å². The maximum Gasteiger partial charge on any atom is 0.335 e. The maximum absolute atomic E-state index is 10.9. The van der Waals surface area contributed by atoms with E-state index in [4.69, 9.17) is 27.2 Å². The van der Waals surface area contributed by atoms with Crippen LogP contribution in [0.15, 0.2) is 42.5 Å². The molecule has 108 valence electrons. The average molecular weight is 306 g/mol. The Morgan fingerprint density at radius 2 is 1.71 bits per heavy atom. The van der Waals surface area contributed by atoms with Gasteiger partial charge in [0.1, 0.15) is 12.4 Å². The molecule has 0 aromatic heterocycles. The number of carboxylic acids is 1. The van der Waals surface area contributed by atoms with Crippen LogP contribution >= 0.6 is 11.6 Å². The predicted molar refractivity (Wildman–Crippen MR) is 77.7 cm³/mol. The Morgan fingerprint density at radius 3 is 2.24 bits per heavy atom. The van der Waals surface area contributed by atoms with Gasteiger partial charge >= 0.3 is 5.97 Å². The predicted octanol–water partition coefficient (Wildman–Crippen LogP) is 2.72. The van der Waals surface area contributed by atoms with E-state index < -0.39 is 11.9 Å². The number of halogens is 1. The first-order chi connectivity index (χ1) is 9.97. The molecule has 0 spiro atoms. The number of carbonyl (C=O) groups excluding carboxylic acids is 1. The Balaban J connectivity index is 2.06. The molecule has 0 unspecified atom stereocenters. The summed E-state index contributed by atoms with van der Waals surface area (Å²) in [5, 5.41) is 9.07. The van der Waals surface area contributed by atoms with E-state index in [1.54, 1.807) is 24.3 Å². The van der Waals surface area contributed by atoms with Crippen LogP contribution in [0.5, 0.6) is 5.75 Å². The van der Waals surface area contributed by atoms with Crippen molar-refractivity contribution in [1.29, 1.82) is 0 Å². The number of carbonyl (C=O) groups is 2. The fraction of sp³-hybridized carbons (Fsp3) is 0.0667. The number of nitrogens with two attached hydrogens (primary N) is 1. The zero-order valence-corrected chi connectivity index (χ0v) is 11.6. The highest BCUT2D eigenvalue weighted by Gasteiger charge is 2.08. The van der Waals surface area contributed by atoms with E-state index in [2.05, 4.69) is 0 Å². The van der Waals surface area contributed by atoms with Crippen LogP contribution in [-0.2, 0) is 6.61 Å². The maximum atomic E-state index is 10.9. The monoisotopic (exact) mass is 305 g/mol. The summed E-state index contributed by atoms with van der Waals surface area (Å²) < 4.78 is 5.52. The molecule has 0 heterocycles. The number of aromatic carboxylic acids is 1. The fourth-order valence-corrected chi connectivity index (χ4v) is 1.91. The molecule has 0 saturated carbocycles. The van der Waals surface area contributed by atoms with Crippen molar-refractivity contribution in [3.63, 3.8) is 0 Å². The molecule has 0 bridgehead atoms. The van der Waals surface area contributed by atoms with Gasteiger partial charge in [0, 0.05) is 5.56 Å². The molecule has 2 rings (SSSR count). The number of primary amides is 1. The Labute approximate surface area is 125 Å². The molecule has 0 atom stereocenters. The zero-order chi connectivity index (χ0) is 15.4. The largest absolute Gasteiger partial charge is 0.487 e. The van der Waals surface area contributed by atoms with E-state index in [0.717, 1.165) is 5.56 Å². The summed E-state index contributed by atoms with van der Waals surface area (Å²) in [6, 6.07) is 10.9. The molecule has 21 heavy (non-hydrogen) atoms. The van der Waals surface area contributed by atoms with Crippen LogP contribution < -0.4 is 10.5 Å². The van der Waals surface area contributed by atoms with Crippen molar-refractivity contribution in [2.45, 2.75) is 6.61 Å². The van der Waals surface area contributed by atoms with E-state index in [-0.39, 0.29) is 17.2 Å². The van der Waals surface area contributed by atoms with Crippen LogP contribution in [-0.4, -0.2) is 17.0 Å². The number of carboxylic acid groups (broad SMARTS) is 1. The van der Waals surface area contributed by atoms with Crippen LogP contribution in [0.1, 0.15) is 26.3 Å². The van der Waals surface area contributed by atoms with E-state index in [0.29, 0.717) is 11.3 Å². The molecule has 0 radical (unpaired) electrons. The molecule has 6 heteroatoms. The normalized spacial score (nSPS) is 10.1. The van der Waals surface area contributed by atoms with Gasteiger partial charge in [-0.1, -0.05) is 23.7 Å². The molecule has 0 aliphatic heterocycles. The number of ether oxygens (including phenoxy) is 1. The van der Waals surface area contributed by atoms with Gasteiger partial charge < -0.3 is 15.6 Å². The van der Waals surface area contributed by atoms with Gasteiger partial charge in [-0.2, -0.15) is 0 Å². The topological polar surface area (TPSA) is 89.6 Å². The third kappa shape index (κ3) is 3.73. The summed E-state index contributed by atoms with van der Waals surface area (Å²) in [6.07, 6.45) is 0. The quantitative estimate of drug-likeness (QED) is 0.888. The summed E-state index contributed by atoms with van der Waals surface area (Å²) >= 11 is 5.96. The molecule has 0 aliphatic rings. The molecule has 0 aliphatic carbocycles. The minimum Gasteiger partial charge on any atom is -0.487 e. The molecule has 5 nitrogen and oxygen atoms in total. The molecular formula is C15H12ClNO4. The van der Waals surface area contributed by atoms with E-state index in [1.165, 1.54) is 18.2 Å². The molecule has 1 amide bonds. The van der Waals surface area contributed by atoms with E-state index in [9.17, 15) is 9.59 Å². The molecular weight excluding hydrogens is 294 g/mol. The van der Waals surface area contributed by atoms with Gasteiger partial charge in [-0.05, 0) is 35.9 Å². The van der Waals surface area contributed by atoms with Gasteiger partial charge in [0.15, 0.2) is 0 Å². The third-order valence-electron chi connectivity index (χ3n) is 2.81. The summed E-state index contributed by atoms with van der Waals surface area (Å²) in [7, 11) is 0. The Bertz CT molecular complexity index is 683. The summed E-state index contributed by atoms with van der Waals surface area (Å²) in [5.41, 5.74) is 6.50. The van der Waals surface area contributed by atoms with Crippen LogP contribution in [0.2, 0.25) is 5.02 Å². The summed E-state index contributed by atoms with van der Waals surface area (Å²) in [6.45, 7) is 0.241. The first kappa shape index (κ1) is 14.9. The molecule has 2 aromatic rings. The first-order valence-electron chi connectivity index (χ1n) is 6.02. The highest BCUT2D eigenvalue weighted by molar-refractivity contribution is 6.32. The van der Waals surface area contributed by atoms with Crippen molar-refractivity contribution >= 4 is 23.5 Å². The van der Waals surface area contributed by atoms with Gasteiger partial charge in [0.05, 0.1) is 10.6 Å². The lowest BCUT2D eigenvalue weighted by Gasteiger charge is -2.09. The Hall–Kier alpha value is -2.53. The van der Waals surface area contributed by atoms with Crippen molar-refractivity contribution in [3.05, 3.63) is 64.2 Å². The van der Waals surface area contributed by atoms with Gasteiger partial charge in [-0.15, -0.1) is 0 Å². The smallest absolute Gasteiger partial charge is 0.335 e. The summed E-state index contributed by atoms with van der Waals surface area (Å²) in [4.78, 5) is 21.7. The average Bonchev–Trinajstić information content (AvgIpc) is 2.46. The lowest BCUT2D eigenvalue weighted by atomic mass is 10.1. The SMILES string of the molecule is NC(=O)c1ccc(COc2ccc(C(=O)O)cc2Cl)cc1. The lowest BCUT2D eigenvalue weighted by Crippen LogP contribution is -2.10. The van der Waals surface area contributed by atoms with Gasteiger partial charge in [0.25, 0.3) is 0 Å². The minimum atomic E-state index is -1.05. The van der Waals surface area contributed by atoms with Crippen molar-refractivity contribution in [2.75, 3.05) is 0 Å². The van der Waals surface area contributed by atoms with E-state index >= 15 is 0 Å². The summed E-state index contributed by atoms with van der Waals surface area (Å²) in [5.74, 6) is -1.15. The Morgan fingerprint density at radius 1 is 1.10 bits per heavy atom. The van der Waals surface area contributed by atoms with Gasteiger partial charge in [-0.25, -0.2) is 4.79 Å². The van der Waals surface area contributed by atoms with Gasteiger partial charge in [-0.3, -0.25) is 4.79 Å². The number of hydrogen-bond acceptors (Lipinski definition) is 3. The second-order valence-corrected chi connectivity index (χ2v) is 4.71. The fourth-order valence-electron chi connectivity index (χ4n) is 1.68. The second-order valence-electron chi connectivity index (χ2n) is 4.30. The lowest BCUT2D eigenvalue weighted by molar-refractivity contribution is 0.0696. The van der Waals surface area contributed by atoms with Crippen molar-refractivity contribution < 1.29 is 19.4 Å². The molecule has 3 N–H and O–H groups in total. The number of benzene rings is 2. The molecule has 2 aromatic carbocycles. The van der Waals surface area contributed by atoms with E-state index in [1.807, 2.05) is 0 Å². The van der Waals surface area contributed by atoms with Crippen LogP contribution in [0, 0.1) is 0 Å². The van der Waals surface area contributed by atoms with Crippen molar-refractivity contribution in [1.82, 2.24) is 0 Å². The standard InChI is InChI=1S/C15H12ClNO4/c16-12-7-11(15(19)20)5-6-13(12)21-8-9-1-3-10(4-2-9)14(17)18/h1-7H,8H2,(H2,17,18)(H,19,20). The molecule has 0 fully saturated rings. The molecule has 0 saturated heterocycles. The number of rotatable bonds is 5. The van der Waals surface area contributed by atoms with Crippen LogP contribution in [0.4, 0.5) is 0 Å². The third-order valence-corrected chi connectivity index (χ3v) is 3.11. The highest BCUT2D eigenvalue weighted by Crippen LogP contribution is 2.26. The number of hydrogen-bond donors (Lipinski definition) is 2. The van der Waals surface area contributed by atoms with Gasteiger partial charge in [0.2, 0.25) is 5.91 Å². The van der Waals surface area contributed by atoms with Crippen molar-refractivity contribution in [2.24, 2.45) is 5.73 Å². The first-order valence-corrected chi connectivity index (χ1v) is 6.39. The van der Waals surface area contributed by atoms with Crippen LogP contribution in [0.3, 0.4) is 0 Å². The number of amides is 1.